The number of ether oxygens (including phenoxy) is 1. The van der Waals surface area contributed by atoms with Crippen LogP contribution < -0.4 is 10.1 Å². The van der Waals surface area contributed by atoms with Gasteiger partial charge >= 0.3 is 6.03 Å². The fourth-order valence-electron chi connectivity index (χ4n) is 3.53. The lowest BCUT2D eigenvalue weighted by Crippen LogP contribution is -2.53. The molecule has 0 atom stereocenters. The number of nitrogens with zero attached hydrogens (tertiary/aromatic N) is 2. The number of aromatic nitrogens is 1. The second-order valence-corrected chi connectivity index (χ2v) is 7.35. The van der Waals surface area contributed by atoms with Crippen molar-refractivity contribution in [3.63, 3.8) is 0 Å². The quantitative estimate of drug-likeness (QED) is 0.469. The van der Waals surface area contributed by atoms with Gasteiger partial charge in [-0.1, -0.05) is 41.9 Å². The molecule has 0 radical (unpaired) electrons. The van der Waals surface area contributed by atoms with E-state index in [-0.39, 0.29) is 12.1 Å². The van der Waals surface area contributed by atoms with Crippen molar-refractivity contribution in [1.29, 1.82) is 0 Å². The van der Waals surface area contributed by atoms with Crippen LogP contribution in [0.4, 0.5) is 4.79 Å². The third kappa shape index (κ3) is 4.04. The maximum Gasteiger partial charge on any atom is 0.331 e. The number of carbonyl (C=O) groups is 3. The lowest BCUT2D eigenvalue weighted by atomic mass is 10.1. The summed E-state index contributed by atoms with van der Waals surface area (Å²) in [6.45, 7) is 2.77. The molecular formula is C23H20ClN3O4. The van der Waals surface area contributed by atoms with Crippen molar-refractivity contribution < 1.29 is 19.1 Å². The molecule has 2 heterocycles. The van der Waals surface area contributed by atoms with E-state index in [1.165, 1.54) is 6.08 Å². The maximum atomic E-state index is 12.6. The molecular weight excluding hydrogens is 418 g/mol. The fourth-order valence-corrected chi connectivity index (χ4v) is 3.72. The van der Waals surface area contributed by atoms with Gasteiger partial charge in [0.1, 0.15) is 17.9 Å². The summed E-state index contributed by atoms with van der Waals surface area (Å²) in [6, 6.07) is 14.2. The second kappa shape index (κ2) is 8.65. The molecule has 1 saturated heterocycles. The summed E-state index contributed by atoms with van der Waals surface area (Å²) in [6.07, 6.45) is 3.39. The highest BCUT2D eigenvalue weighted by Crippen LogP contribution is 2.26. The number of barbiturate groups is 1. The van der Waals surface area contributed by atoms with E-state index in [2.05, 4.69) is 5.32 Å². The van der Waals surface area contributed by atoms with Crippen molar-refractivity contribution in [1.82, 2.24) is 14.8 Å². The Bertz CT molecular complexity index is 1210. The van der Waals surface area contributed by atoms with Gasteiger partial charge in [-0.15, -0.1) is 0 Å². The van der Waals surface area contributed by atoms with Gasteiger partial charge in [-0.2, -0.15) is 0 Å². The van der Waals surface area contributed by atoms with Crippen LogP contribution in [0.1, 0.15) is 12.5 Å². The van der Waals surface area contributed by atoms with Gasteiger partial charge in [0.2, 0.25) is 0 Å². The number of hydrogen-bond donors (Lipinski definition) is 1. The largest absolute Gasteiger partial charge is 0.490 e. The Morgan fingerprint density at radius 3 is 2.58 bits per heavy atom. The topological polar surface area (TPSA) is 80.6 Å². The average Bonchev–Trinajstić information content (AvgIpc) is 3.10. The van der Waals surface area contributed by atoms with Gasteiger partial charge in [0.05, 0.1) is 11.6 Å². The second-order valence-electron chi connectivity index (χ2n) is 6.94. The molecule has 31 heavy (non-hydrogen) atoms. The number of para-hydroxylation sites is 2. The minimum absolute atomic E-state index is 0.0725. The Morgan fingerprint density at radius 2 is 1.81 bits per heavy atom. The molecule has 0 saturated carbocycles. The standard InChI is InChI=1S/C23H20ClN3O4/c1-2-27-22(29)17(21(28)25-23(27)30)13-15-14-26(19-9-5-3-7-16(15)19)11-12-31-20-10-6-4-8-18(20)24/h3-10,13-14H,2,11-12H2,1H3,(H,25,28,30)/b17-13-. The van der Waals surface area contributed by atoms with E-state index >= 15 is 0 Å². The van der Waals surface area contributed by atoms with E-state index < -0.39 is 17.8 Å². The normalized spacial score (nSPS) is 15.6. The highest BCUT2D eigenvalue weighted by atomic mass is 35.5. The number of nitrogens with one attached hydrogen (secondary N) is 1. The summed E-state index contributed by atoms with van der Waals surface area (Å²) in [7, 11) is 0. The SMILES string of the molecule is CCN1C(=O)NC(=O)/C(=C/c2cn(CCOc3ccccc3Cl)c3ccccc23)C1=O. The molecule has 0 aliphatic carbocycles. The number of urea groups is 1. The number of hydrogen-bond acceptors (Lipinski definition) is 4. The maximum absolute atomic E-state index is 12.6. The summed E-state index contributed by atoms with van der Waals surface area (Å²) in [5, 5.41) is 3.64. The Morgan fingerprint density at radius 1 is 1.06 bits per heavy atom. The van der Waals surface area contributed by atoms with Crippen LogP contribution in [0.25, 0.3) is 17.0 Å². The zero-order chi connectivity index (χ0) is 22.0. The molecule has 0 spiro atoms. The molecule has 4 amide bonds. The molecule has 0 unspecified atom stereocenters. The Hall–Kier alpha value is -3.58. The van der Waals surface area contributed by atoms with E-state index in [0.717, 1.165) is 15.8 Å². The van der Waals surface area contributed by atoms with Gasteiger partial charge in [0.25, 0.3) is 11.8 Å². The van der Waals surface area contributed by atoms with Crippen molar-refractivity contribution in [3.05, 3.63) is 70.9 Å². The fraction of sp³-hybridized carbons (Fsp3) is 0.174. The lowest BCUT2D eigenvalue weighted by Gasteiger charge is -2.24. The zero-order valence-corrected chi connectivity index (χ0v) is 17.6. The molecule has 1 N–H and O–H groups in total. The molecule has 1 aliphatic rings. The molecule has 1 aromatic heterocycles. The molecule has 1 fully saturated rings. The number of benzene rings is 2. The lowest BCUT2D eigenvalue weighted by molar-refractivity contribution is -0.129. The zero-order valence-electron chi connectivity index (χ0n) is 16.8. The molecule has 2 aromatic carbocycles. The summed E-state index contributed by atoms with van der Waals surface area (Å²) >= 11 is 6.14. The molecule has 4 rings (SSSR count). The van der Waals surface area contributed by atoms with Crippen LogP contribution >= 0.6 is 11.6 Å². The number of amides is 4. The Labute approximate surface area is 183 Å². The van der Waals surface area contributed by atoms with Crippen molar-refractivity contribution in [2.75, 3.05) is 13.2 Å². The predicted octanol–water partition coefficient (Wildman–Crippen LogP) is 3.86. The van der Waals surface area contributed by atoms with Gasteiger partial charge < -0.3 is 9.30 Å². The van der Waals surface area contributed by atoms with E-state index in [4.69, 9.17) is 16.3 Å². The smallest absolute Gasteiger partial charge is 0.331 e. The number of carbonyl (C=O) groups excluding carboxylic acids is 3. The number of imide groups is 2. The third-order valence-electron chi connectivity index (χ3n) is 5.05. The van der Waals surface area contributed by atoms with Crippen LogP contribution in [0, 0.1) is 0 Å². The summed E-state index contributed by atoms with van der Waals surface area (Å²) in [4.78, 5) is 37.8. The first kappa shape index (κ1) is 20.7. The first-order valence-electron chi connectivity index (χ1n) is 9.83. The van der Waals surface area contributed by atoms with E-state index in [9.17, 15) is 14.4 Å². The first-order valence-corrected chi connectivity index (χ1v) is 10.2. The number of likely N-dealkylation sites (N-methyl/N-ethyl adjacent to an activating group) is 1. The highest BCUT2D eigenvalue weighted by Gasteiger charge is 2.34. The number of halogens is 1. The van der Waals surface area contributed by atoms with Crippen molar-refractivity contribution in [2.24, 2.45) is 0 Å². The minimum Gasteiger partial charge on any atom is -0.490 e. The number of rotatable bonds is 6. The van der Waals surface area contributed by atoms with Gasteiger partial charge in [-0.3, -0.25) is 19.8 Å². The van der Waals surface area contributed by atoms with Crippen LogP contribution in [-0.2, 0) is 16.1 Å². The predicted molar refractivity (Wildman–Crippen MR) is 118 cm³/mol. The summed E-state index contributed by atoms with van der Waals surface area (Å²) < 4.78 is 7.79. The van der Waals surface area contributed by atoms with Crippen LogP contribution in [0.15, 0.2) is 60.3 Å². The Kier molecular flexibility index (Phi) is 5.77. The van der Waals surface area contributed by atoms with Crippen molar-refractivity contribution in [2.45, 2.75) is 13.5 Å². The van der Waals surface area contributed by atoms with Gasteiger partial charge in [0.15, 0.2) is 0 Å². The van der Waals surface area contributed by atoms with Crippen LogP contribution in [0.5, 0.6) is 5.75 Å². The molecule has 1 aliphatic heterocycles. The molecule has 8 heteroatoms. The van der Waals surface area contributed by atoms with Crippen LogP contribution in [-0.4, -0.2) is 40.5 Å². The van der Waals surface area contributed by atoms with Crippen molar-refractivity contribution >= 4 is 46.4 Å². The molecule has 3 aromatic rings. The van der Waals surface area contributed by atoms with E-state index in [0.29, 0.717) is 29.5 Å². The highest BCUT2D eigenvalue weighted by molar-refractivity contribution is 6.32. The molecule has 158 valence electrons. The first-order chi connectivity index (χ1) is 15.0. The van der Waals surface area contributed by atoms with Gasteiger partial charge in [0, 0.05) is 29.2 Å². The van der Waals surface area contributed by atoms with Crippen LogP contribution in [0.2, 0.25) is 5.02 Å². The molecule has 0 bridgehead atoms. The van der Waals surface area contributed by atoms with Crippen LogP contribution in [0.3, 0.4) is 0 Å². The number of fused-ring (bicyclic) bond motifs is 1. The van der Waals surface area contributed by atoms with Crippen molar-refractivity contribution in [3.8, 4) is 5.75 Å². The Balaban J connectivity index is 1.63. The molecule has 7 nitrogen and oxygen atoms in total. The van der Waals surface area contributed by atoms with E-state index in [1.54, 1.807) is 19.1 Å². The van der Waals surface area contributed by atoms with E-state index in [1.807, 2.05) is 47.2 Å². The third-order valence-corrected chi connectivity index (χ3v) is 5.36. The average molecular weight is 438 g/mol. The van der Waals surface area contributed by atoms with Gasteiger partial charge in [-0.25, -0.2) is 4.79 Å². The summed E-state index contributed by atoms with van der Waals surface area (Å²) in [5.41, 5.74) is 1.57. The summed E-state index contributed by atoms with van der Waals surface area (Å²) in [5.74, 6) is -0.689. The minimum atomic E-state index is -0.700. The van der Waals surface area contributed by atoms with Gasteiger partial charge in [-0.05, 0) is 31.2 Å². The monoisotopic (exact) mass is 437 g/mol.